The van der Waals surface area contributed by atoms with Gasteiger partial charge >= 0.3 is 0 Å². The summed E-state index contributed by atoms with van der Waals surface area (Å²) in [5.41, 5.74) is -0.187. The molecular weight excluding hydrogens is 234 g/mol. The van der Waals surface area contributed by atoms with Crippen molar-refractivity contribution in [2.75, 3.05) is 12.4 Å². The smallest absolute Gasteiger partial charge is 0.233 e. The van der Waals surface area contributed by atoms with Crippen molar-refractivity contribution in [2.24, 2.45) is 11.8 Å². The van der Waals surface area contributed by atoms with E-state index in [0.29, 0.717) is 5.92 Å². The van der Waals surface area contributed by atoms with Gasteiger partial charge in [0.05, 0.1) is 5.25 Å². The summed E-state index contributed by atoms with van der Waals surface area (Å²) in [5, 5.41) is 12.0. The zero-order chi connectivity index (χ0) is 13.6. The first-order chi connectivity index (χ1) is 7.67. The molecule has 0 saturated carbocycles. The Kier molecular flexibility index (Phi) is 7.17. The molecule has 0 heterocycles. The predicted molar refractivity (Wildman–Crippen MR) is 75.2 cm³/mol. The Hall–Kier alpha value is -0.220. The number of hydrogen-bond donors (Lipinski definition) is 2. The molecule has 0 aliphatic heterocycles. The second kappa shape index (κ2) is 7.27. The van der Waals surface area contributed by atoms with Crippen molar-refractivity contribution in [1.29, 1.82) is 0 Å². The first kappa shape index (κ1) is 16.8. The van der Waals surface area contributed by atoms with Gasteiger partial charge in [0.1, 0.15) is 0 Å². The molecule has 0 saturated heterocycles. The molecular formula is C13H27NO2S. The van der Waals surface area contributed by atoms with E-state index in [2.05, 4.69) is 19.2 Å². The van der Waals surface area contributed by atoms with Crippen molar-refractivity contribution in [1.82, 2.24) is 5.32 Å². The van der Waals surface area contributed by atoms with Crippen molar-refractivity contribution in [3.8, 4) is 0 Å². The average Bonchev–Trinajstić information content (AvgIpc) is 2.14. The number of nitrogens with one attached hydrogen (secondary N) is 1. The van der Waals surface area contributed by atoms with Crippen LogP contribution in [0.3, 0.4) is 0 Å². The third kappa shape index (κ3) is 7.66. The molecule has 1 amide bonds. The van der Waals surface area contributed by atoms with Crippen LogP contribution in [-0.2, 0) is 4.79 Å². The van der Waals surface area contributed by atoms with E-state index in [9.17, 15) is 4.79 Å². The van der Waals surface area contributed by atoms with Crippen LogP contribution in [-0.4, -0.2) is 34.2 Å². The van der Waals surface area contributed by atoms with Gasteiger partial charge in [-0.1, -0.05) is 20.8 Å². The highest BCUT2D eigenvalue weighted by atomic mass is 32.2. The molecule has 0 aromatic heterocycles. The summed E-state index contributed by atoms with van der Waals surface area (Å²) in [6.07, 6.45) is 0. The Labute approximate surface area is 110 Å². The lowest BCUT2D eigenvalue weighted by Crippen LogP contribution is -2.46. The first-order valence-electron chi connectivity index (χ1n) is 6.22. The lowest BCUT2D eigenvalue weighted by atomic mass is 10.1. The van der Waals surface area contributed by atoms with Crippen molar-refractivity contribution in [3.63, 3.8) is 0 Å². The number of amides is 1. The highest BCUT2D eigenvalue weighted by molar-refractivity contribution is 8.00. The van der Waals surface area contributed by atoms with Gasteiger partial charge in [-0.15, -0.1) is 11.8 Å². The number of carbonyl (C=O) groups is 1. The molecule has 4 heteroatoms. The lowest BCUT2D eigenvalue weighted by molar-refractivity contribution is -0.122. The maximum atomic E-state index is 12.1. The number of hydrogen-bond acceptors (Lipinski definition) is 3. The number of carbonyl (C=O) groups excluding carboxylic acids is 1. The fourth-order valence-electron chi connectivity index (χ4n) is 1.33. The normalized spacial score (nSPS) is 15.8. The highest BCUT2D eigenvalue weighted by Gasteiger charge is 2.26. The van der Waals surface area contributed by atoms with Gasteiger partial charge in [-0.2, -0.15) is 0 Å². The minimum Gasteiger partial charge on any atom is -0.396 e. The van der Waals surface area contributed by atoms with E-state index in [1.54, 1.807) is 11.8 Å². The van der Waals surface area contributed by atoms with Gasteiger partial charge < -0.3 is 10.4 Å². The zero-order valence-corrected chi connectivity index (χ0v) is 12.7. The maximum absolute atomic E-state index is 12.1. The Bertz CT molecular complexity index is 236. The summed E-state index contributed by atoms with van der Waals surface area (Å²) < 4.78 is 0. The average molecular weight is 261 g/mol. The standard InChI is InChI=1S/C13H27NO2S/c1-9(2)11(17-8-10(3)7-15)12(16)14-13(4,5)6/h9-11,15H,7-8H2,1-6H3,(H,14,16). The van der Waals surface area contributed by atoms with Gasteiger partial charge in [-0.3, -0.25) is 4.79 Å². The van der Waals surface area contributed by atoms with Crippen LogP contribution in [0.5, 0.6) is 0 Å². The van der Waals surface area contributed by atoms with Crippen LogP contribution in [0.1, 0.15) is 41.5 Å². The molecule has 0 fully saturated rings. The predicted octanol–water partition coefficient (Wildman–Crippen LogP) is 2.29. The summed E-state index contributed by atoms with van der Waals surface area (Å²) >= 11 is 1.64. The Morgan fingerprint density at radius 3 is 2.18 bits per heavy atom. The third-order valence-electron chi connectivity index (χ3n) is 2.23. The fraction of sp³-hybridized carbons (Fsp3) is 0.923. The summed E-state index contributed by atoms with van der Waals surface area (Å²) in [6, 6.07) is 0. The molecule has 2 unspecified atom stereocenters. The van der Waals surface area contributed by atoms with Crippen molar-refractivity contribution in [2.45, 2.75) is 52.3 Å². The van der Waals surface area contributed by atoms with E-state index in [1.165, 1.54) is 0 Å². The first-order valence-corrected chi connectivity index (χ1v) is 7.26. The SMILES string of the molecule is CC(CO)CSC(C(=O)NC(C)(C)C)C(C)C. The summed E-state index contributed by atoms with van der Waals surface area (Å²) in [6.45, 7) is 12.3. The highest BCUT2D eigenvalue weighted by Crippen LogP contribution is 2.23. The monoisotopic (exact) mass is 261 g/mol. The van der Waals surface area contributed by atoms with E-state index in [-0.39, 0.29) is 29.2 Å². The molecule has 0 aliphatic rings. The molecule has 0 aliphatic carbocycles. The summed E-state index contributed by atoms with van der Waals surface area (Å²) in [4.78, 5) is 12.1. The summed E-state index contributed by atoms with van der Waals surface area (Å²) in [7, 11) is 0. The Morgan fingerprint density at radius 2 is 1.82 bits per heavy atom. The second-order valence-corrected chi connectivity index (χ2v) is 7.20. The topological polar surface area (TPSA) is 49.3 Å². The van der Waals surface area contributed by atoms with Crippen LogP contribution in [0.2, 0.25) is 0 Å². The van der Waals surface area contributed by atoms with E-state index < -0.39 is 0 Å². The number of aliphatic hydroxyl groups excluding tert-OH is 1. The third-order valence-corrected chi connectivity index (χ3v) is 4.11. The number of thioether (sulfide) groups is 1. The van der Waals surface area contributed by atoms with Crippen LogP contribution < -0.4 is 5.32 Å². The van der Waals surface area contributed by atoms with Gasteiger partial charge in [-0.05, 0) is 38.4 Å². The molecule has 17 heavy (non-hydrogen) atoms. The zero-order valence-electron chi connectivity index (χ0n) is 11.9. The number of aliphatic hydroxyl groups is 1. The van der Waals surface area contributed by atoms with Gasteiger partial charge in [0.25, 0.3) is 0 Å². The van der Waals surface area contributed by atoms with E-state index >= 15 is 0 Å². The van der Waals surface area contributed by atoms with Gasteiger partial charge in [0.15, 0.2) is 0 Å². The molecule has 2 atom stereocenters. The second-order valence-electron chi connectivity index (χ2n) is 6.02. The van der Waals surface area contributed by atoms with Crippen LogP contribution in [0.15, 0.2) is 0 Å². The number of rotatable bonds is 6. The largest absolute Gasteiger partial charge is 0.396 e. The van der Waals surface area contributed by atoms with Crippen LogP contribution in [0.25, 0.3) is 0 Å². The molecule has 2 N–H and O–H groups in total. The van der Waals surface area contributed by atoms with Crippen LogP contribution >= 0.6 is 11.8 Å². The minimum absolute atomic E-state index is 0.0387. The Morgan fingerprint density at radius 1 is 1.29 bits per heavy atom. The van der Waals surface area contributed by atoms with Crippen molar-refractivity contribution < 1.29 is 9.90 Å². The molecule has 0 spiro atoms. The Balaban J connectivity index is 4.37. The van der Waals surface area contributed by atoms with Crippen molar-refractivity contribution >= 4 is 17.7 Å². The minimum atomic E-state index is -0.187. The summed E-state index contributed by atoms with van der Waals surface area (Å²) in [5.74, 6) is 1.45. The van der Waals surface area contributed by atoms with Gasteiger partial charge in [-0.25, -0.2) is 0 Å². The molecule has 0 rings (SSSR count). The van der Waals surface area contributed by atoms with Gasteiger partial charge in [0.2, 0.25) is 5.91 Å². The molecule has 102 valence electrons. The maximum Gasteiger partial charge on any atom is 0.233 e. The van der Waals surface area contributed by atoms with E-state index in [4.69, 9.17) is 5.11 Å². The van der Waals surface area contributed by atoms with Gasteiger partial charge in [0, 0.05) is 12.1 Å². The molecule has 3 nitrogen and oxygen atoms in total. The quantitative estimate of drug-likeness (QED) is 0.771. The van der Waals surface area contributed by atoms with E-state index in [0.717, 1.165) is 5.75 Å². The van der Waals surface area contributed by atoms with E-state index in [1.807, 2.05) is 27.7 Å². The lowest BCUT2D eigenvalue weighted by Gasteiger charge is -2.27. The molecule has 0 radical (unpaired) electrons. The van der Waals surface area contributed by atoms with Crippen LogP contribution in [0.4, 0.5) is 0 Å². The molecule has 0 aromatic rings. The molecule has 0 aromatic carbocycles. The van der Waals surface area contributed by atoms with Crippen LogP contribution in [0, 0.1) is 11.8 Å². The fourth-order valence-corrected chi connectivity index (χ4v) is 2.57. The van der Waals surface area contributed by atoms with Crippen molar-refractivity contribution in [3.05, 3.63) is 0 Å². The molecule has 0 bridgehead atoms.